The first kappa shape index (κ1) is 18.8. The Morgan fingerprint density at radius 3 is 3.00 bits per heavy atom. The molecule has 0 fully saturated rings. The summed E-state index contributed by atoms with van der Waals surface area (Å²) < 4.78 is 17.3. The van der Waals surface area contributed by atoms with Crippen LogP contribution < -0.4 is 20.5 Å². The second kappa shape index (κ2) is 7.44. The maximum Gasteiger partial charge on any atom is 0.256 e. The minimum Gasteiger partial charge on any atom is -0.487 e. The Bertz CT molecular complexity index is 1090. The summed E-state index contributed by atoms with van der Waals surface area (Å²) in [5.74, 6) is 0.177. The van der Waals surface area contributed by atoms with Crippen LogP contribution in [0.15, 0.2) is 41.1 Å². The SMILES string of the molecule is Cc1oc2ccc(OC3COc4cnccc43)cc2c1C(=O)N[C@@H](CO)C(N)=O. The van der Waals surface area contributed by atoms with E-state index >= 15 is 0 Å². The zero-order valence-corrected chi connectivity index (χ0v) is 15.5. The lowest BCUT2D eigenvalue weighted by molar-refractivity contribution is -0.120. The number of primary amides is 1. The third kappa shape index (κ3) is 3.47. The lowest BCUT2D eigenvalue weighted by Crippen LogP contribution is -2.46. The van der Waals surface area contributed by atoms with Gasteiger partial charge in [-0.2, -0.15) is 0 Å². The molecule has 9 heteroatoms. The molecule has 9 nitrogen and oxygen atoms in total. The number of hydrogen-bond acceptors (Lipinski definition) is 7. The van der Waals surface area contributed by atoms with Gasteiger partial charge in [0.15, 0.2) is 6.10 Å². The number of aliphatic hydroxyl groups is 1. The van der Waals surface area contributed by atoms with Crippen LogP contribution in [0.3, 0.4) is 0 Å². The number of amides is 2. The molecule has 150 valence electrons. The number of aryl methyl sites for hydroxylation is 1. The number of nitrogens with one attached hydrogen (secondary N) is 1. The van der Waals surface area contributed by atoms with Crippen molar-refractivity contribution in [3.63, 3.8) is 0 Å². The summed E-state index contributed by atoms with van der Waals surface area (Å²) in [7, 11) is 0. The van der Waals surface area contributed by atoms with Crippen molar-refractivity contribution in [2.24, 2.45) is 5.73 Å². The van der Waals surface area contributed by atoms with E-state index in [0.717, 1.165) is 5.56 Å². The number of rotatable bonds is 6. The van der Waals surface area contributed by atoms with Crippen molar-refractivity contribution in [3.05, 3.63) is 53.5 Å². The molecule has 0 aliphatic carbocycles. The normalized spacial score (nSPS) is 16.1. The number of ether oxygens (including phenoxy) is 2. The number of aliphatic hydroxyl groups excluding tert-OH is 1. The topological polar surface area (TPSA) is 137 Å². The minimum absolute atomic E-state index is 0.248. The largest absolute Gasteiger partial charge is 0.487 e. The van der Waals surface area contributed by atoms with Crippen molar-refractivity contribution in [2.75, 3.05) is 13.2 Å². The molecular weight excluding hydrogens is 378 g/mol. The maximum absolute atomic E-state index is 12.7. The average molecular weight is 397 g/mol. The molecule has 2 aromatic heterocycles. The fourth-order valence-corrected chi connectivity index (χ4v) is 3.29. The number of furan rings is 1. The van der Waals surface area contributed by atoms with Crippen molar-refractivity contribution in [2.45, 2.75) is 19.1 Å². The van der Waals surface area contributed by atoms with Crippen LogP contribution in [0.5, 0.6) is 11.5 Å². The first-order valence-electron chi connectivity index (χ1n) is 8.95. The van der Waals surface area contributed by atoms with E-state index in [9.17, 15) is 14.7 Å². The van der Waals surface area contributed by atoms with Crippen LogP contribution in [-0.2, 0) is 4.79 Å². The van der Waals surface area contributed by atoms with Crippen molar-refractivity contribution in [1.29, 1.82) is 0 Å². The predicted octanol–water partition coefficient (Wildman–Crippen LogP) is 1.22. The van der Waals surface area contributed by atoms with Crippen LogP contribution in [0.25, 0.3) is 11.0 Å². The summed E-state index contributed by atoms with van der Waals surface area (Å²) >= 11 is 0. The van der Waals surface area contributed by atoms with E-state index in [1.165, 1.54) is 0 Å². The van der Waals surface area contributed by atoms with Gasteiger partial charge in [-0.05, 0) is 31.2 Å². The fraction of sp³-hybridized carbons (Fsp3) is 0.250. The molecule has 1 aromatic carbocycles. The number of benzene rings is 1. The molecule has 29 heavy (non-hydrogen) atoms. The van der Waals surface area contributed by atoms with Crippen LogP contribution >= 0.6 is 0 Å². The number of pyridine rings is 1. The van der Waals surface area contributed by atoms with Crippen LogP contribution in [-0.4, -0.2) is 41.2 Å². The first-order chi connectivity index (χ1) is 14.0. The molecule has 1 aliphatic rings. The van der Waals surface area contributed by atoms with E-state index in [2.05, 4.69) is 10.3 Å². The number of nitrogens with two attached hydrogens (primary N) is 1. The fourth-order valence-electron chi connectivity index (χ4n) is 3.29. The van der Waals surface area contributed by atoms with Gasteiger partial charge >= 0.3 is 0 Å². The van der Waals surface area contributed by atoms with Gasteiger partial charge in [-0.3, -0.25) is 14.6 Å². The molecule has 4 N–H and O–H groups in total. The highest BCUT2D eigenvalue weighted by Crippen LogP contribution is 2.36. The number of carbonyl (C=O) groups is 2. The average Bonchev–Trinajstić information content (AvgIpc) is 3.25. The first-order valence-corrected chi connectivity index (χ1v) is 8.95. The van der Waals surface area contributed by atoms with E-state index in [-0.39, 0.29) is 11.7 Å². The van der Waals surface area contributed by atoms with Gasteiger partial charge < -0.3 is 30.0 Å². The van der Waals surface area contributed by atoms with Crippen molar-refractivity contribution in [3.8, 4) is 11.5 Å². The molecule has 4 rings (SSSR count). The van der Waals surface area contributed by atoms with Gasteiger partial charge in [0.2, 0.25) is 5.91 Å². The summed E-state index contributed by atoms with van der Waals surface area (Å²) in [5, 5.41) is 12.2. The zero-order chi connectivity index (χ0) is 20.5. The molecule has 0 radical (unpaired) electrons. The van der Waals surface area contributed by atoms with Crippen LogP contribution in [0.1, 0.15) is 27.8 Å². The molecule has 0 saturated heterocycles. The van der Waals surface area contributed by atoms with Crippen LogP contribution in [0.2, 0.25) is 0 Å². The Balaban J connectivity index is 1.63. The smallest absolute Gasteiger partial charge is 0.256 e. The van der Waals surface area contributed by atoms with Gasteiger partial charge in [0, 0.05) is 17.1 Å². The lowest BCUT2D eigenvalue weighted by atomic mass is 10.1. The maximum atomic E-state index is 12.7. The number of carbonyl (C=O) groups excluding carboxylic acids is 2. The highest BCUT2D eigenvalue weighted by Gasteiger charge is 2.27. The quantitative estimate of drug-likeness (QED) is 0.569. The molecule has 1 unspecified atom stereocenters. The van der Waals surface area contributed by atoms with Gasteiger partial charge in [-0.15, -0.1) is 0 Å². The summed E-state index contributed by atoms with van der Waals surface area (Å²) in [5.41, 5.74) is 6.82. The van der Waals surface area contributed by atoms with Crippen molar-refractivity contribution >= 4 is 22.8 Å². The van der Waals surface area contributed by atoms with Gasteiger partial charge in [-0.25, -0.2) is 0 Å². The van der Waals surface area contributed by atoms with E-state index in [0.29, 0.717) is 34.8 Å². The number of nitrogens with zero attached hydrogens (tertiary/aromatic N) is 1. The van der Waals surface area contributed by atoms with E-state index in [4.69, 9.17) is 19.6 Å². The van der Waals surface area contributed by atoms with Crippen molar-refractivity contribution in [1.82, 2.24) is 10.3 Å². The van der Waals surface area contributed by atoms with Gasteiger partial charge in [0.05, 0.1) is 18.4 Å². The summed E-state index contributed by atoms with van der Waals surface area (Å²) in [6.07, 6.45) is 3.01. The second-order valence-corrected chi connectivity index (χ2v) is 6.63. The Morgan fingerprint density at radius 2 is 2.24 bits per heavy atom. The third-order valence-electron chi connectivity index (χ3n) is 4.73. The Labute approximate surface area is 165 Å². The molecule has 0 spiro atoms. The van der Waals surface area contributed by atoms with Gasteiger partial charge in [-0.1, -0.05) is 0 Å². The molecular formula is C20H19N3O6. The molecule has 0 saturated carbocycles. The van der Waals surface area contributed by atoms with Gasteiger partial charge in [0.25, 0.3) is 5.91 Å². The number of aromatic nitrogens is 1. The Hall–Kier alpha value is -3.59. The molecule has 2 atom stereocenters. The molecule has 0 bridgehead atoms. The summed E-state index contributed by atoms with van der Waals surface area (Å²) in [6, 6.07) is 5.79. The summed E-state index contributed by atoms with van der Waals surface area (Å²) in [6.45, 7) is 1.40. The molecule has 2 amide bonds. The molecule has 1 aliphatic heterocycles. The van der Waals surface area contributed by atoms with Gasteiger partial charge in [0.1, 0.15) is 35.5 Å². The third-order valence-corrected chi connectivity index (χ3v) is 4.73. The highest BCUT2D eigenvalue weighted by atomic mass is 16.5. The summed E-state index contributed by atoms with van der Waals surface area (Å²) in [4.78, 5) is 28.0. The number of hydrogen-bond donors (Lipinski definition) is 3. The molecule has 3 heterocycles. The lowest BCUT2D eigenvalue weighted by Gasteiger charge is -2.13. The highest BCUT2D eigenvalue weighted by molar-refractivity contribution is 6.08. The van der Waals surface area contributed by atoms with Crippen LogP contribution in [0.4, 0.5) is 0 Å². The zero-order valence-electron chi connectivity index (χ0n) is 15.5. The number of fused-ring (bicyclic) bond motifs is 2. The standard InChI is InChI=1S/C20H19N3O6/c1-10-18(20(26)23-14(8-24)19(21)25)13-6-11(2-3-15(13)28-10)29-17-9-27-16-7-22-5-4-12(16)17/h2-7,14,17,24H,8-9H2,1H3,(H2,21,25)(H,23,26)/t14-,17?/m0/s1. The minimum atomic E-state index is -1.19. The Kier molecular flexibility index (Phi) is 4.81. The Morgan fingerprint density at radius 1 is 1.41 bits per heavy atom. The molecule has 3 aromatic rings. The van der Waals surface area contributed by atoms with E-state index in [1.807, 2.05) is 6.07 Å². The monoisotopic (exact) mass is 397 g/mol. The van der Waals surface area contributed by atoms with Crippen LogP contribution in [0, 0.1) is 6.92 Å². The van der Waals surface area contributed by atoms with Crippen molar-refractivity contribution < 1.29 is 28.6 Å². The van der Waals surface area contributed by atoms with E-state index < -0.39 is 24.5 Å². The second-order valence-electron chi connectivity index (χ2n) is 6.63. The van der Waals surface area contributed by atoms with E-state index in [1.54, 1.807) is 37.5 Å². The predicted molar refractivity (Wildman–Crippen MR) is 102 cm³/mol.